The van der Waals surface area contributed by atoms with Gasteiger partial charge >= 0.3 is 0 Å². The maximum Gasteiger partial charge on any atom is 0.202 e. The zero-order valence-corrected chi connectivity index (χ0v) is 19.4. The first-order chi connectivity index (χ1) is 17.2. The number of nitrogens with two attached hydrogens (primary N) is 1. The molecule has 0 spiro atoms. The van der Waals surface area contributed by atoms with E-state index in [4.69, 9.17) is 10.8 Å². The lowest BCUT2D eigenvalue weighted by atomic mass is 9.93. The number of fused-ring (bicyclic) bond motifs is 1. The first-order valence-corrected chi connectivity index (χ1v) is 11.8. The Hall–Kier alpha value is -3.62. The number of hydrogen-bond acceptors (Lipinski definition) is 6. The fourth-order valence-electron chi connectivity index (χ4n) is 4.62. The van der Waals surface area contributed by atoms with Crippen LogP contribution in [-0.4, -0.2) is 33.6 Å². The predicted octanol–water partition coefficient (Wildman–Crippen LogP) is 3.11. The summed E-state index contributed by atoms with van der Waals surface area (Å²) in [6.07, 6.45) is 1.72. The van der Waals surface area contributed by atoms with E-state index in [1.165, 1.54) is 0 Å². The Labute approximate surface area is 204 Å². The maximum absolute atomic E-state index is 13.6. The van der Waals surface area contributed by atoms with E-state index in [1.807, 2.05) is 53.1 Å². The van der Waals surface area contributed by atoms with Crippen LogP contribution in [0.4, 0.5) is 0 Å². The van der Waals surface area contributed by atoms with Crippen LogP contribution in [0, 0.1) is 0 Å². The van der Waals surface area contributed by atoms with E-state index in [2.05, 4.69) is 39.9 Å². The molecular formula is C28H29N5O2. The number of aliphatic hydroxyl groups is 1. The van der Waals surface area contributed by atoms with Crippen LogP contribution in [0.3, 0.4) is 0 Å². The van der Waals surface area contributed by atoms with Gasteiger partial charge in [-0.2, -0.15) is 0 Å². The van der Waals surface area contributed by atoms with Crippen molar-refractivity contribution in [2.75, 3.05) is 13.2 Å². The molecule has 5 rings (SSSR count). The first-order valence-electron chi connectivity index (χ1n) is 11.8. The van der Waals surface area contributed by atoms with E-state index < -0.39 is 6.04 Å². The number of aliphatic hydroxyl groups excluding tert-OH is 1. The molecule has 0 saturated heterocycles. The maximum atomic E-state index is 13.6. The van der Waals surface area contributed by atoms with Gasteiger partial charge < -0.3 is 16.2 Å². The SMILES string of the molecule is NCc1cccc(-n2cnc3c2C(=O)C(c2ccc(-c4ccccc4CNCCO)cc2)NC3)c1. The van der Waals surface area contributed by atoms with E-state index in [0.29, 0.717) is 31.9 Å². The molecule has 1 atom stereocenters. The fourth-order valence-corrected chi connectivity index (χ4v) is 4.62. The Morgan fingerprint density at radius 1 is 1.09 bits per heavy atom. The summed E-state index contributed by atoms with van der Waals surface area (Å²) >= 11 is 0. The van der Waals surface area contributed by atoms with Gasteiger partial charge in [0.25, 0.3) is 0 Å². The van der Waals surface area contributed by atoms with Gasteiger partial charge in [0, 0.05) is 31.9 Å². The molecule has 0 fully saturated rings. The van der Waals surface area contributed by atoms with E-state index in [-0.39, 0.29) is 12.4 Å². The minimum atomic E-state index is -0.439. The Kier molecular flexibility index (Phi) is 6.83. The number of rotatable bonds is 8. The highest BCUT2D eigenvalue weighted by Gasteiger charge is 2.32. The molecule has 35 heavy (non-hydrogen) atoms. The molecule has 7 heteroatoms. The van der Waals surface area contributed by atoms with Gasteiger partial charge in [0.15, 0.2) is 0 Å². The average Bonchev–Trinajstić information content (AvgIpc) is 3.35. The molecule has 1 aromatic heterocycles. The van der Waals surface area contributed by atoms with Crippen molar-refractivity contribution < 1.29 is 9.90 Å². The average molecular weight is 468 g/mol. The highest BCUT2D eigenvalue weighted by atomic mass is 16.3. The summed E-state index contributed by atoms with van der Waals surface area (Å²) in [7, 11) is 0. The molecule has 5 N–H and O–H groups in total. The molecule has 0 radical (unpaired) electrons. The lowest BCUT2D eigenvalue weighted by molar-refractivity contribution is 0.0922. The normalized spacial score (nSPS) is 15.3. The van der Waals surface area contributed by atoms with E-state index >= 15 is 0 Å². The Morgan fingerprint density at radius 3 is 2.71 bits per heavy atom. The first kappa shape index (κ1) is 23.1. The molecule has 1 aliphatic rings. The molecule has 4 aromatic rings. The van der Waals surface area contributed by atoms with Gasteiger partial charge in [-0.3, -0.25) is 14.7 Å². The van der Waals surface area contributed by atoms with Crippen LogP contribution in [0.1, 0.15) is 38.9 Å². The summed E-state index contributed by atoms with van der Waals surface area (Å²) in [6, 6.07) is 23.8. The van der Waals surface area contributed by atoms with Crippen molar-refractivity contribution in [3.63, 3.8) is 0 Å². The monoisotopic (exact) mass is 467 g/mol. The fraction of sp³-hybridized carbons (Fsp3) is 0.214. The summed E-state index contributed by atoms with van der Waals surface area (Å²) in [4.78, 5) is 18.1. The molecule has 1 unspecified atom stereocenters. The summed E-state index contributed by atoms with van der Waals surface area (Å²) < 4.78 is 1.87. The van der Waals surface area contributed by atoms with Crippen LogP contribution >= 0.6 is 0 Å². The molecular weight excluding hydrogens is 438 g/mol. The summed E-state index contributed by atoms with van der Waals surface area (Å²) in [6.45, 7) is 2.31. The van der Waals surface area contributed by atoms with Crippen molar-refractivity contribution in [1.29, 1.82) is 0 Å². The molecule has 2 heterocycles. The molecule has 1 aliphatic heterocycles. The van der Waals surface area contributed by atoms with Gasteiger partial charge in [-0.25, -0.2) is 4.98 Å². The minimum Gasteiger partial charge on any atom is -0.395 e. The second-order valence-electron chi connectivity index (χ2n) is 8.64. The van der Waals surface area contributed by atoms with E-state index in [1.54, 1.807) is 6.33 Å². The summed E-state index contributed by atoms with van der Waals surface area (Å²) in [5, 5.41) is 15.7. The lowest BCUT2D eigenvalue weighted by Crippen LogP contribution is -2.35. The van der Waals surface area contributed by atoms with Gasteiger partial charge in [0.1, 0.15) is 12.0 Å². The Balaban J connectivity index is 1.41. The topological polar surface area (TPSA) is 105 Å². The van der Waals surface area contributed by atoms with Crippen LogP contribution in [0.25, 0.3) is 16.8 Å². The quantitative estimate of drug-likeness (QED) is 0.297. The van der Waals surface area contributed by atoms with Crippen LogP contribution in [0.2, 0.25) is 0 Å². The number of ketones is 1. The van der Waals surface area contributed by atoms with Crippen molar-refractivity contribution in [1.82, 2.24) is 20.2 Å². The molecule has 3 aromatic carbocycles. The molecule has 0 saturated carbocycles. The molecule has 7 nitrogen and oxygen atoms in total. The highest BCUT2D eigenvalue weighted by molar-refractivity contribution is 6.01. The van der Waals surface area contributed by atoms with Crippen molar-refractivity contribution in [3.8, 4) is 16.8 Å². The third-order valence-corrected chi connectivity index (χ3v) is 6.41. The van der Waals surface area contributed by atoms with Gasteiger partial charge in [-0.1, -0.05) is 60.7 Å². The van der Waals surface area contributed by atoms with Crippen LogP contribution < -0.4 is 16.4 Å². The van der Waals surface area contributed by atoms with Crippen molar-refractivity contribution >= 4 is 5.78 Å². The molecule has 0 bridgehead atoms. The molecule has 0 amide bonds. The van der Waals surface area contributed by atoms with Crippen molar-refractivity contribution in [3.05, 3.63) is 107 Å². The Morgan fingerprint density at radius 2 is 1.91 bits per heavy atom. The lowest BCUT2D eigenvalue weighted by Gasteiger charge is -2.24. The second-order valence-corrected chi connectivity index (χ2v) is 8.64. The van der Waals surface area contributed by atoms with Crippen LogP contribution in [-0.2, 0) is 19.6 Å². The van der Waals surface area contributed by atoms with Gasteiger partial charge in [-0.05, 0) is 39.9 Å². The second kappa shape index (κ2) is 10.3. The van der Waals surface area contributed by atoms with Gasteiger partial charge in [0.05, 0.1) is 18.3 Å². The Bertz CT molecular complexity index is 1330. The standard InChI is InChI=1S/C28H29N5O2/c29-15-19-4-3-6-23(14-19)33-18-32-25-17-31-26(28(35)27(25)33)21-10-8-20(9-11-21)24-7-2-1-5-22(24)16-30-12-13-34/h1-11,14,18,26,30-31,34H,12-13,15-17,29H2. The number of carbonyl (C=O) groups is 1. The minimum absolute atomic E-state index is 0.00301. The van der Waals surface area contributed by atoms with E-state index in [0.717, 1.165) is 39.2 Å². The van der Waals surface area contributed by atoms with E-state index in [9.17, 15) is 4.79 Å². The highest BCUT2D eigenvalue weighted by Crippen LogP contribution is 2.30. The summed E-state index contributed by atoms with van der Waals surface area (Å²) in [5.74, 6) is 0.00301. The van der Waals surface area contributed by atoms with Crippen LogP contribution in [0.5, 0.6) is 0 Å². The van der Waals surface area contributed by atoms with Crippen molar-refractivity contribution in [2.45, 2.75) is 25.7 Å². The third-order valence-electron chi connectivity index (χ3n) is 6.41. The molecule has 0 aliphatic carbocycles. The van der Waals surface area contributed by atoms with Crippen molar-refractivity contribution in [2.24, 2.45) is 5.73 Å². The number of carbonyl (C=O) groups excluding carboxylic acids is 1. The molecule has 178 valence electrons. The number of nitrogens with one attached hydrogen (secondary N) is 2. The zero-order valence-electron chi connectivity index (χ0n) is 19.4. The number of benzene rings is 3. The smallest absolute Gasteiger partial charge is 0.202 e. The van der Waals surface area contributed by atoms with Gasteiger partial charge in [0.2, 0.25) is 5.78 Å². The zero-order chi connectivity index (χ0) is 24.2. The number of aromatic nitrogens is 2. The third kappa shape index (κ3) is 4.67. The number of Topliss-reactive ketones (excluding diaryl/α,β-unsaturated/α-hetero) is 1. The predicted molar refractivity (Wildman–Crippen MR) is 136 cm³/mol. The number of imidazole rings is 1. The number of nitrogens with zero attached hydrogens (tertiary/aromatic N) is 2. The van der Waals surface area contributed by atoms with Gasteiger partial charge in [-0.15, -0.1) is 0 Å². The number of hydrogen-bond donors (Lipinski definition) is 4. The van der Waals surface area contributed by atoms with Crippen LogP contribution in [0.15, 0.2) is 79.1 Å². The summed E-state index contributed by atoms with van der Waals surface area (Å²) in [5.41, 5.74) is 13.4. The largest absolute Gasteiger partial charge is 0.395 e.